The first-order valence-corrected chi connectivity index (χ1v) is 7.76. The Kier molecular flexibility index (Phi) is 5.71. The number of thiazole rings is 1. The Morgan fingerprint density at radius 3 is 2.95 bits per heavy atom. The second-order valence-corrected chi connectivity index (χ2v) is 5.45. The van der Waals surface area contributed by atoms with Crippen LogP contribution in [0.2, 0.25) is 0 Å². The van der Waals surface area contributed by atoms with Gasteiger partial charge in [0.15, 0.2) is 0 Å². The van der Waals surface area contributed by atoms with Gasteiger partial charge < -0.3 is 15.8 Å². The number of hydrogen-bond donors (Lipinski definition) is 2. The summed E-state index contributed by atoms with van der Waals surface area (Å²) in [4.78, 5) is 16.4. The van der Waals surface area contributed by atoms with Gasteiger partial charge in [-0.15, -0.1) is 11.3 Å². The molecule has 0 saturated carbocycles. The Balaban J connectivity index is 1.98. The predicted octanol–water partition coefficient (Wildman–Crippen LogP) is 2.57. The van der Waals surface area contributed by atoms with Crippen LogP contribution in [0.1, 0.15) is 24.0 Å². The van der Waals surface area contributed by atoms with Gasteiger partial charge in [-0.25, -0.2) is 4.98 Å². The minimum absolute atomic E-state index is 0.114. The molecule has 2 aromatic rings. The molecule has 2 rings (SSSR count). The average Bonchev–Trinajstić information content (AvgIpc) is 2.94. The highest BCUT2D eigenvalue weighted by molar-refractivity contribution is 7.09. The molecule has 0 saturated heterocycles. The van der Waals surface area contributed by atoms with E-state index in [0.29, 0.717) is 24.6 Å². The van der Waals surface area contributed by atoms with Crippen LogP contribution in [0.25, 0.3) is 0 Å². The van der Waals surface area contributed by atoms with Crippen molar-refractivity contribution in [3.05, 3.63) is 40.3 Å². The first-order chi connectivity index (χ1) is 10.2. The van der Waals surface area contributed by atoms with E-state index in [-0.39, 0.29) is 12.3 Å². The van der Waals surface area contributed by atoms with Crippen LogP contribution in [0.15, 0.2) is 29.6 Å². The largest absolute Gasteiger partial charge is 0.491 e. The summed E-state index contributed by atoms with van der Waals surface area (Å²) in [7, 11) is 0. The van der Waals surface area contributed by atoms with E-state index >= 15 is 0 Å². The van der Waals surface area contributed by atoms with Crippen LogP contribution in [0, 0.1) is 0 Å². The van der Waals surface area contributed by atoms with Crippen molar-refractivity contribution < 1.29 is 9.53 Å². The molecular formula is C15H19N3O2S. The summed E-state index contributed by atoms with van der Waals surface area (Å²) in [5, 5.41) is 5.56. The summed E-state index contributed by atoms with van der Waals surface area (Å²) >= 11 is 1.47. The zero-order valence-corrected chi connectivity index (χ0v) is 12.8. The number of nitrogens with one attached hydrogen (secondary N) is 1. The molecule has 1 amide bonds. The smallest absolute Gasteiger partial charge is 0.230 e. The number of rotatable bonds is 7. The quantitative estimate of drug-likeness (QED) is 0.824. The fraction of sp³-hybridized carbons (Fsp3) is 0.333. The molecule has 0 unspecified atom stereocenters. The van der Waals surface area contributed by atoms with Crippen molar-refractivity contribution in [2.24, 2.45) is 5.73 Å². The van der Waals surface area contributed by atoms with Gasteiger partial charge in [0.25, 0.3) is 0 Å². The van der Waals surface area contributed by atoms with Gasteiger partial charge in [-0.3, -0.25) is 4.79 Å². The molecule has 0 radical (unpaired) electrons. The van der Waals surface area contributed by atoms with Gasteiger partial charge >= 0.3 is 0 Å². The normalized spacial score (nSPS) is 10.4. The number of hydrogen-bond acceptors (Lipinski definition) is 5. The zero-order chi connectivity index (χ0) is 15.1. The monoisotopic (exact) mass is 305 g/mol. The van der Waals surface area contributed by atoms with Crippen LogP contribution in [-0.4, -0.2) is 17.5 Å². The van der Waals surface area contributed by atoms with Crippen LogP contribution >= 0.6 is 11.3 Å². The van der Waals surface area contributed by atoms with E-state index in [2.05, 4.69) is 10.3 Å². The average molecular weight is 305 g/mol. The highest BCUT2D eigenvalue weighted by atomic mass is 32.1. The topological polar surface area (TPSA) is 77.2 Å². The summed E-state index contributed by atoms with van der Waals surface area (Å²) in [6.07, 6.45) is 1.15. The Hall–Kier alpha value is -1.92. The molecule has 21 heavy (non-hydrogen) atoms. The van der Waals surface area contributed by atoms with Crippen LogP contribution in [0.4, 0.5) is 5.69 Å². The number of carbonyl (C=O) groups excluding carboxylic acids is 1. The maximum absolute atomic E-state index is 12.1. The molecule has 0 aliphatic rings. The molecular weight excluding hydrogens is 286 g/mol. The SMILES string of the molecule is CCCOc1ccccc1NC(=O)Cc1csc(CN)n1. The molecule has 6 heteroatoms. The number of aromatic nitrogens is 1. The van der Waals surface area contributed by atoms with Crippen LogP contribution < -0.4 is 15.8 Å². The second kappa shape index (κ2) is 7.75. The lowest BCUT2D eigenvalue weighted by molar-refractivity contribution is -0.115. The number of para-hydroxylation sites is 2. The molecule has 0 fully saturated rings. The summed E-state index contributed by atoms with van der Waals surface area (Å²) in [5.74, 6) is 0.574. The van der Waals surface area contributed by atoms with Crippen molar-refractivity contribution >= 4 is 22.9 Å². The molecule has 1 aromatic carbocycles. The van der Waals surface area contributed by atoms with Crippen molar-refractivity contribution in [1.29, 1.82) is 0 Å². The highest BCUT2D eigenvalue weighted by Gasteiger charge is 2.10. The Morgan fingerprint density at radius 1 is 1.43 bits per heavy atom. The third-order valence-corrected chi connectivity index (χ3v) is 3.66. The van der Waals surface area contributed by atoms with Gasteiger partial charge in [-0.1, -0.05) is 19.1 Å². The number of anilines is 1. The zero-order valence-electron chi connectivity index (χ0n) is 12.0. The first kappa shape index (κ1) is 15.5. The molecule has 0 aliphatic carbocycles. The van der Waals surface area contributed by atoms with Gasteiger partial charge in [-0.05, 0) is 18.6 Å². The summed E-state index contributed by atoms with van der Waals surface area (Å²) in [5.41, 5.74) is 6.94. The Bertz CT molecular complexity index is 598. The molecule has 5 nitrogen and oxygen atoms in total. The third-order valence-electron chi connectivity index (χ3n) is 2.74. The van der Waals surface area contributed by atoms with Crippen LogP contribution in [0.5, 0.6) is 5.75 Å². The maximum atomic E-state index is 12.1. The molecule has 112 valence electrons. The molecule has 0 spiro atoms. The minimum Gasteiger partial charge on any atom is -0.491 e. The number of ether oxygens (including phenoxy) is 1. The lowest BCUT2D eigenvalue weighted by atomic mass is 10.2. The fourth-order valence-electron chi connectivity index (χ4n) is 1.79. The van der Waals surface area contributed by atoms with Crippen molar-refractivity contribution in [2.45, 2.75) is 26.3 Å². The molecule has 0 bridgehead atoms. The number of amides is 1. The van der Waals surface area contributed by atoms with E-state index in [9.17, 15) is 4.79 Å². The molecule has 0 atom stereocenters. The Labute approximate surface area is 128 Å². The molecule has 0 aliphatic heterocycles. The standard InChI is InChI=1S/C15H19N3O2S/c1-2-7-20-13-6-4-3-5-12(13)18-14(19)8-11-10-21-15(9-16)17-11/h3-6,10H,2,7-9,16H2,1H3,(H,18,19). The van der Waals surface area contributed by atoms with Crippen molar-refractivity contribution in [1.82, 2.24) is 4.98 Å². The number of nitrogens with two attached hydrogens (primary N) is 1. The number of benzene rings is 1. The maximum Gasteiger partial charge on any atom is 0.230 e. The van der Waals surface area contributed by atoms with Gasteiger partial charge in [-0.2, -0.15) is 0 Å². The number of nitrogens with zero attached hydrogens (tertiary/aromatic N) is 1. The third kappa shape index (κ3) is 4.54. The van der Waals surface area contributed by atoms with Gasteiger partial charge in [0.1, 0.15) is 10.8 Å². The predicted molar refractivity (Wildman–Crippen MR) is 84.6 cm³/mol. The lowest BCUT2D eigenvalue weighted by Crippen LogP contribution is -2.15. The van der Waals surface area contributed by atoms with E-state index < -0.39 is 0 Å². The number of carbonyl (C=O) groups is 1. The molecule has 1 heterocycles. The van der Waals surface area contributed by atoms with Crippen molar-refractivity contribution in [2.75, 3.05) is 11.9 Å². The fourth-order valence-corrected chi connectivity index (χ4v) is 2.46. The van der Waals surface area contributed by atoms with Crippen LogP contribution in [0.3, 0.4) is 0 Å². The first-order valence-electron chi connectivity index (χ1n) is 6.88. The van der Waals surface area contributed by atoms with E-state index in [1.807, 2.05) is 36.6 Å². The van der Waals surface area contributed by atoms with Crippen molar-refractivity contribution in [3.8, 4) is 5.75 Å². The van der Waals surface area contributed by atoms with Crippen LogP contribution in [-0.2, 0) is 17.8 Å². The molecule has 3 N–H and O–H groups in total. The van der Waals surface area contributed by atoms with Gasteiger partial charge in [0.05, 0.1) is 24.4 Å². The lowest BCUT2D eigenvalue weighted by Gasteiger charge is -2.11. The van der Waals surface area contributed by atoms with E-state index in [0.717, 1.165) is 17.1 Å². The minimum atomic E-state index is -0.114. The van der Waals surface area contributed by atoms with E-state index in [4.69, 9.17) is 10.5 Å². The van der Waals surface area contributed by atoms with E-state index in [1.165, 1.54) is 11.3 Å². The second-order valence-electron chi connectivity index (χ2n) is 4.51. The summed E-state index contributed by atoms with van der Waals surface area (Å²) in [6, 6.07) is 7.42. The van der Waals surface area contributed by atoms with Crippen molar-refractivity contribution in [3.63, 3.8) is 0 Å². The summed E-state index contributed by atoms with van der Waals surface area (Å²) < 4.78 is 5.61. The molecule has 1 aromatic heterocycles. The highest BCUT2D eigenvalue weighted by Crippen LogP contribution is 2.24. The summed E-state index contributed by atoms with van der Waals surface area (Å²) in [6.45, 7) is 3.07. The van der Waals surface area contributed by atoms with E-state index in [1.54, 1.807) is 0 Å². The van der Waals surface area contributed by atoms with Gasteiger partial charge in [0, 0.05) is 11.9 Å². The van der Waals surface area contributed by atoms with Gasteiger partial charge in [0.2, 0.25) is 5.91 Å². The Morgan fingerprint density at radius 2 is 2.24 bits per heavy atom.